The third kappa shape index (κ3) is 6.05. The lowest BCUT2D eigenvalue weighted by Crippen LogP contribution is -2.11. The minimum atomic E-state index is -3.43. The van der Waals surface area contributed by atoms with E-state index in [2.05, 4.69) is 5.32 Å². The van der Waals surface area contributed by atoms with Crippen molar-refractivity contribution >= 4 is 27.5 Å². The molecule has 1 amide bonds. The number of hydrogen-bond acceptors (Lipinski definition) is 4. The van der Waals surface area contributed by atoms with Gasteiger partial charge in [0.2, 0.25) is 5.91 Å². The highest BCUT2D eigenvalue weighted by Crippen LogP contribution is 2.20. The zero-order chi connectivity index (χ0) is 20.7. The van der Waals surface area contributed by atoms with Gasteiger partial charge in [-0.15, -0.1) is 0 Å². The summed E-state index contributed by atoms with van der Waals surface area (Å²) in [5.41, 5.74) is 2.17. The van der Waals surface area contributed by atoms with Gasteiger partial charge in [-0.05, 0) is 41.5 Å². The molecule has 0 fully saturated rings. The SMILES string of the molecule is CS(=O)(=O)c1ccccc1NC(=O)/C=C/c1ccc(OCc2ccccc2)cc1. The zero-order valence-electron chi connectivity index (χ0n) is 15.9. The van der Waals surface area contributed by atoms with Crippen molar-refractivity contribution in [3.05, 3.63) is 96.1 Å². The fraction of sp³-hybridized carbons (Fsp3) is 0.0870. The topological polar surface area (TPSA) is 72.5 Å². The Bertz CT molecular complexity index is 1110. The highest BCUT2D eigenvalue weighted by Gasteiger charge is 2.13. The number of rotatable bonds is 7. The fourth-order valence-electron chi connectivity index (χ4n) is 2.66. The third-order valence-corrected chi connectivity index (χ3v) is 5.25. The number of hydrogen-bond donors (Lipinski definition) is 1. The van der Waals surface area contributed by atoms with Crippen LogP contribution in [0.4, 0.5) is 5.69 Å². The van der Waals surface area contributed by atoms with Crippen LogP contribution in [0, 0.1) is 0 Å². The number of carbonyl (C=O) groups excluding carboxylic acids is 1. The van der Waals surface area contributed by atoms with E-state index in [0.717, 1.165) is 23.1 Å². The summed E-state index contributed by atoms with van der Waals surface area (Å²) in [5, 5.41) is 2.61. The molecule has 3 aromatic carbocycles. The summed E-state index contributed by atoms with van der Waals surface area (Å²) >= 11 is 0. The van der Waals surface area contributed by atoms with E-state index in [-0.39, 0.29) is 10.6 Å². The van der Waals surface area contributed by atoms with Gasteiger partial charge in [-0.3, -0.25) is 4.79 Å². The summed E-state index contributed by atoms with van der Waals surface area (Å²) in [6.45, 7) is 0.484. The normalized spacial score (nSPS) is 11.3. The maximum atomic E-state index is 12.2. The molecule has 3 rings (SSSR count). The van der Waals surface area contributed by atoms with Crippen molar-refractivity contribution in [2.75, 3.05) is 11.6 Å². The quantitative estimate of drug-likeness (QED) is 0.592. The minimum absolute atomic E-state index is 0.0849. The first-order chi connectivity index (χ1) is 13.9. The number of benzene rings is 3. The summed E-state index contributed by atoms with van der Waals surface area (Å²) in [7, 11) is -3.43. The lowest BCUT2D eigenvalue weighted by atomic mass is 10.2. The van der Waals surface area contributed by atoms with E-state index >= 15 is 0 Å². The third-order valence-electron chi connectivity index (χ3n) is 4.10. The maximum Gasteiger partial charge on any atom is 0.248 e. The molecule has 6 heteroatoms. The molecular weight excluding hydrogens is 386 g/mol. The Balaban J connectivity index is 1.59. The molecule has 0 radical (unpaired) electrons. The summed E-state index contributed by atoms with van der Waals surface area (Å²) in [5.74, 6) is 0.322. The first-order valence-corrected chi connectivity index (χ1v) is 10.9. The first-order valence-electron chi connectivity index (χ1n) is 8.97. The molecule has 0 saturated heterocycles. The van der Waals surface area contributed by atoms with Gasteiger partial charge in [-0.25, -0.2) is 8.42 Å². The van der Waals surface area contributed by atoms with E-state index in [1.54, 1.807) is 24.3 Å². The molecule has 0 unspecified atom stereocenters. The fourth-order valence-corrected chi connectivity index (χ4v) is 3.50. The molecular formula is C23H21NO4S. The van der Waals surface area contributed by atoms with E-state index in [9.17, 15) is 13.2 Å². The number of amides is 1. The Labute approximate surface area is 170 Å². The molecule has 0 aliphatic heterocycles. The number of nitrogens with one attached hydrogen (secondary N) is 1. The number of anilines is 1. The van der Waals surface area contributed by atoms with Gasteiger partial charge in [0, 0.05) is 12.3 Å². The maximum absolute atomic E-state index is 12.2. The van der Waals surface area contributed by atoms with E-state index in [4.69, 9.17) is 4.74 Å². The Morgan fingerprint density at radius 3 is 2.28 bits per heavy atom. The smallest absolute Gasteiger partial charge is 0.248 e. The highest BCUT2D eigenvalue weighted by atomic mass is 32.2. The van der Waals surface area contributed by atoms with Crippen molar-refractivity contribution in [3.63, 3.8) is 0 Å². The van der Waals surface area contributed by atoms with E-state index in [1.807, 2.05) is 54.6 Å². The minimum Gasteiger partial charge on any atom is -0.489 e. The summed E-state index contributed by atoms with van der Waals surface area (Å²) < 4.78 is 29.4. The predicted octanol–water partition coefficient (Wildman–Crippen LogP) is 4.32. The summed E-state index contributed by atoms with van der Waals surface area (Å²) in [6, 6.07) is 23.5. The molecule has 0 atom stereocenters. The zero-order valence-corrected chi connectivity index (χ0v) is 16.7. The van der Waals surface area contributed by atoms with Crippen LogP contribution in [0.5, 0.6) is 5.75 Å². The summed E-state index contributed by atoms with van der Waals surface area (Å²) in [4.78, 5) is 12.3. The molecule has 0 aromatic heterocycles. The second-order valence-electron chi connectivity index (χ2n) is 6.43. The first kappa shape index (κ1) is 20.4. The molecule has 0 aliphatic rings. The van der Waals surface area contributed by atoms with E-state index in [0.29, 0.717) is 6.61 Å². The Hall–Kier alpha value is -3.38. The Kier molecular flexibility index (Phi) is 6.46. The number of sulfone groups is 1. The van der Waals surface area contributed by atoms with Crippen LogP contribution >= 0.6 is 0 Å². The molecule has 148 valence electrons. The predicted molar refractivity (Wildman–Crippen MR) is 114 cm³/mol. The van der Waals surface area contributed by atoms with Crippen LogP contribution in [-0.2, 0) is 21.2 Å². The van der Waals surface area contributed by atoms with Gasteiger partial charge in [-0.2, -0.15) is 0 Å². The standard InChI is InChI=1S/C23H21NO4S/c1-29(26,27)22-10-6-5-9-21(22)24-23(25)16-13-18-11-14-20(15-12-18)28-17-19-7-3-2-4-8-19/h2-16H,17H2,1H3,(H,24,25)/b16-13+. The van der Waals surface area contributed by atoms with Crippen molar-refractivity contribution in [2.24, 2.45) is 0 Å². The van der Waals surface area contributed by atoms with Gasteiger partial charge in [0.15, 0.2) is 9.84 Å². The van der Waals surface area contributed by atoms with Crippen molar-refractivity contribution < 1.29 is 17.9 Å². The van der Waals surface area contributed by atoms with Gasteiger partial charge in [0.25, 0.3) is 0 Å². The van der Waals surface area contributed by atoms with Gasteiger partial charge >= 0.3 is 0 Å². The number of para-hydroxylation sites is 1. The van der Waals surface area contributed by atoms with Crippen molar-refractivity contribution in [2.45, 2.75) is 11.5 Å². The Morgan fingerprint density at radius 2 is 1.59 bits per heavy atom. The molecule has 0 aliphatic carbocycles. The monoisotopic (exact) mass is 407 g/mol. The van der Waals surface area contributed by atoms with Gasteiger partial charge < -0.3 is 10.1 Å². The second-order valence-corrected chi connectivity index (χ2v) is 8.42. The molecule has 0 heterocycles. The lowest BCUT2D eigenvalue weighted by Gasteiger charge is -2.08. The van der Waals surface area contributed by atoms with Gasteiger partial charge in [0.05, 0.1) is 10.6 Å². The van der Waals surface area contributed by atoms with Gasteiger partial charge in [0.1, 0.15) is 12.4 Å². The van der Waals surface area contributed by atoms with Crippen LogP contribution in [0.3, 0.4) is 0 Å². The van der Waals surface area contributed by atoms with Crippen LogP contribution in [0.1, 0.15) is 11.1 Å². The average Bonchev–Trinajstić information content (AvgIpc) is 2.72. The molecule has 0 saturated carbocycles. The molecule has 29 heavy (non-hydrogen) atoms. The molecule has 0 spiro atoms. The molecule has 1 N–H and O–H groups in total. The second kappa shape index (κ2) is 9.21. The summed E-state index contributed by atoms with van der Waals surface area (Å²) in [6.07, 6.45) is 4.12. The lowest BCUT2D eigenvalue weighted by molar-refractivity contribution is -0.111. The average molecular weight is 407 g/mol. The van der Waals surface area contributed by atoms with Crippen molar-refractivity contribution in [3.8, 4) is 5.75 Å². The van der Waals surface area contributed by atoms with Crippen LogP contribution < -0.4 is 10.1 Å². The molecule has 5 nitrogen and oxygen atoms in total. The number of carbonyl (C=O) groups is 1. The van der Waals surface area contributed by atoms with Crippen LogP contribution in [0.2, 0.25) is 0 Å². The molecule has 0 bridgehead atoms. The van der Waals surface area contributed by atoms with E-state index < -0.39 is 15.7 Å². The van der Waals surface area contributed by atoms with E-state index in [1.165, 1.54) is 12.1 Å². The highest BCUT2D eigenvalue weighted by molar-refractivity contribution is 7.90. The van der Waals surface area contributed by atoms with Crippen molar-refractivity contribution in [1.82, 2.24) is 0 Å². The van der Waals surface area contributed by atoms with Crippen molar-refractivity contribution in [1.29, 1.82) is 0 Å². The van der Waals surface area contributed by atoms with Gasteiger partial charge in [-0.1, -0.05) is 54.6 Å². The largest absolute Gasteiger partial charge is 0.489 e. The van der Waals surface area contributed by atoms with Crippen LogP contribution in [0.25, 0.3) is 6.08 Å². The van der Waals surface area contributed by atoms with Crippen LogP contribution in [0.15, 0.2) is 89.8 Å². The number of ether oxygens (including phenoxy) is 1. The van der Waals surface area contributed by atoms with Crippen LogP contribution in [-0.4, -0.2) is 20.6 Å². The Morgan fingerprint density at radius 1 is 0.931 bits per heavy atom. The molecule has 3 aromatic rings.